The van der Waals surface area contributed by atoms with Crippen molar-refractivity contribution in [3.63, 3.8) is 0 Å². The third kappa shape index (κ3) is 8.25. The van der Waals surface area contributed by atoms with Crippen molar-refractivity contribution in [1.29, 1.82) is 0 Å². The lowest BCUT2D eigenvalue weighted by atomic mass is 10.0. The number of nitrogens with zero attached hydrogens (tertiary/aromatic N) is 2. The number of halogens is 4. The van der Waals surface area contributed by atoms with E-state index >= 15 is 4.39 Å². The van der Waals surface area contributed by atoms with Gasteiger partial charge >= 0.3 is 6.18 Å². The van der Waals surface area contributed by atoms with Gasteiger partial charge in [-0.25, -0.2) is 22.8 Å². The van der Waals surface area contributed by atoms with Gasteiger partial charge in [-0.2, -0.15) is 13.2 Å². The molecule has 0 spiro atoms. The van der Waals surface area contributed by atoms with E-state index < -0.39 is 40.6 Å². The quantitative estimate of drug-likeness (QED) is 0.129. The molecule has 5 N–H and O–H groups in total. The number of allylic oxidation sites excluding steroid dienone is 2. The molecule has 2 aromatic rings. The smallest absolute Gasteiger partial charge is 0.382 e. The molecule has 1 aromatic heterocycles. The van der Waals surface area contributed by atoms with Gasteiger partial charge in [-0.05, 0) is 37.5 Å². The summed E-state index contributed by atoms with van der Waals surface area (Å²) in [6.45, 7) is 5.44. The van der Waals surface area contributed by atoms with Crippen LogP contribution in [0.2, 0.25) is 0 Å². The lowest BCUT2D eigenvalue weighted by Gasteiger charge is -2.19. The molecule has 1 unspecified atom stereocenters. The molecule has 0 radical (unpaired) electrons. The van der Waals surface area contributed by atoms with E-state index in [1.165, 1.54) is 41.7 Å². The van der Waals surface area contributed by atoms with Gasteiger partial charge in [0.05, 0.1) is 39.3 Å². The van der Waals surface area contributed by atoms with E-state index in [2.05, 4.69) is 21.6 Å². The average molecular weight is 606 g/mol. The molecule has 1 aliphatic heterocycles. The predicted octanol–water partition coefficient (Wildman–Crippen LogP) is 4.35. The second-order valence-corrected chi connectivity index (χ2v) is 11.8. The Bertz CT molecular complexity index is 1350. The van der Waals surface area contributed by atoms with Crippen LogP contribution in [-0.4, -0.2) is 62.3 Å². The SMILES string of the molecule is C=C/C=C(\N=C(/N)NCC(O)C(F)(F)F)c1sc(C2CCOCC2)nc1-c1cccc(NS(=O)(=O)CCC)c1F. The predicted molar refractivity (Wildman–Crippen MR) is 148 cm³/mol. The molecule has 1 atom stereocenters. The van der Waals surface area contributed by atoms with Crippen LogP contribution in [0.5, 0.6) is 0 Å². The van der Waals surface area contributed by atoms with E-state index in [1.807, 2.05) is 0 Å². The molecule has 40 heavy (non-hydrogen) atoms. The van der Waals surface area contributed by atoms with Gasteiger partial charge in [0, 0.05) is 24.7 Å². The number of guanidine groups is 1. The summed E-state index contributed by atoms with van der Waals surface area (Å²) in [6, 6.07) is 4.22. The number of hydrogen-bond donors (Lipinski definition) is 4. The van der Waals surface area contributed by atoms with Crippen molar-refractivity contribution in [3.05, 3.63) is 52.6 Å². The van der Waals surface area contributed by atoms with Crippen LogP contribution in [0.3, 0.4) is 0 Å². The summed E-state index contributed by atoms with van der Waals surface area (Å²) in [5, 5.41) is 12.2. The van der Waals surface area contributed by atoms with Crippen molar-refractivity contribution in [2.45, 2.75) is 44.4 Å². The highest BCUT2D eigenvalue weighted by molar-refractivity contribution is 7.92. The molecular formula is C25H31F4N5O4S2. The minimum atomic E-state index is -4.85. The number of anilines is 1. The fourth-order valence-electron chi connectivity index (χ4n) is 3.85. The molecule has 0 aliphatic carbocycles. The Hall–Kier alpha value is -3.01. The van der Waals surface area contributed by atoms with Crippen LogP contribution in [-0.2, 0) is 14.8 Å². The van der Waals surface area contributed by atoms with E-state index in [-0.39, 0.29) is 34.3 Å². The summed E-state index contributed by atoms with van der Waals surface area (Å²) >= 11 is 1.21. The van der Waals surface area contributed by atoms with Gasteiger partial charge < -0.3 is 20.9 Å². The van der Waals surface area contributed by atoms with Crippen LogP contribution in [0.25, 0.3) is 17.0 Å². The lowest BCUT2D eigenvalue weighted by Crippen LogP contribution is -2.43. The van der Waals surface area contributed by atoms with Gasteiger partial charge in [-0.1, -0.05) is 25.6 Å². The second-order valence-electron chi connectivity index (χ2n) is 8.93. The zero-order valence-corrected chi connectivity index (χ0v) is 23.3. The molecule has 1 aromatic carbocycles. The van der Waals surface area contributed by atoms with Crippen LogP contribution in [0, 0.1) is 5.82 Å². The summed E-state index contributed by atoms with van der Waals surface area (Å²) in [4.78, 5) is 9.23. The highest BCUT2D eigenvalue weighted by atomic mass is 32.2. The zero-order valence-electron chi connectivity index (χ0n) is 21.7. The van der Waals surface area contributed by atoms with Crippen molar-refractivity contribution >= 4 is 38.7 Å². The minimum absolute atomic E-state index is 0.00640. The number of benzene rings is 1. The number of nitrogens with one attached hydrogen (secondary N) is 2. The van der Waals surface area contributed by atoms with Crippen molar-refractivity contribution < 1.29 is 35.8 Å². The monoisotopic (exact) mass is 605 g/mol. The third-order valence-electron chi connectivity index (χ3n) is 5.81. The number of nitrogens with two attached hydrogens (primary N) is 1. The number of aliphatic imine (C=N–C) groups is 1. The molecule has 0 amide bonds. The Morgan fingerprint density at radius 2 is 2.08 bits per heavy atom. The Morgan fingerprint density at radius 1 is 1.38 bits per heavy atom. The Morgan fingerprint density at radius 3 is 2.70 bits per heavy atom. The largest absolute Gasteiger partial charge is 0.416 e. The fraction of sp³-hybridized carbons (Fsp3) is 0.440. The maximum atomic E-state index is 15.8. The van der Waals surface area contributed by atoms with E-state index in [9.17, 15) is 26.7 Å². The lowest BCUT2D eigenvalue weighted by molar-refractivity contribution is -0.201. The zero-order chi connectivity index (χ0) is 29.5. The fourth-order valence-corrected chi connectivity index (χ4v) is 6.21. The van der Waals surface area contributed by atoms with Crippen LogP contribution >= 0.6 is 11.3 Å². The van der Waals surface area contributed by atoms with E-state index in [4.69, 9.17) is 15.5 Å². The topological polar surface area (TPSA) is 139 Å². The highest BCUT2D eigenvalue weighted by Gasteiger charge is 2.38. The van der Waals surface area contributed by atoms with Crippen molar-refractivity contribution in [1.82, 2.24) is 10.3 Å². The molecule has 9 nitrogen and oxygen atoms in total. The summed E-state index contributed by atoms with van der Waals surface area (Å²) in [6.07, 6.45) is -3.02. The number of ether oxygens (including phenoxy) is 1. The number of aliphatic hydroxyl groups excluding tert-OH is 1. The molecule has 15 heteroatoms. The van der Waals surface area contributed by atoms with Crippen molar-refractivity contribution in [2.24, 2.45) is 10.7 Å². The molecule has 3 rings (SSSR count). The van der Waals surface area contributed by atoms with Gasteiger partial charge in [0.2, 0.25) is 10.0 Å². The van der Waals surface area contributed by atoms with Crippen LogP contribution < -0.4 is 15.8 Å². The summed E-state index contributed by atoms with van der Waals surface area (Å²) < 4.78 is 86.2. The number of hydrogen-bond acceptors (Lipinski definition) is 7. The maximum absolute atomic E-state index is 15.8. The van der Waals surface area contributed by atoms with Crippen molar-refractivity contribution in [3.8, 4) is 11.3 Å². The minimum Gasteiger partial charge on any atom is -0.382 e. The maximum Gasteiger partial charge on any atom is 0.416 e. The Balaban J connectivity index is 2.08. The summed E-state index contributed by atoms with van der Waals surface area (Å²) in [5.74, 6) is -1.46. The first-order valence-electron chi connectivity index (χ1n) is 12.4. The molecule has 0 saturated carbocycles. The van der Waals surface area contributed by atoms with Crippen LogP contribution in [0.15, 0.2) is 41.9 Å². The second kappa shape index (κ2) is 13.6. The molecule has 1 saturated heterocycles. The number of sulfonamides is 1. The van der Waals surface area contributed by atoms with Gasteiger partial charge in [0.15, 0.2) is 17.9 Å². The molecule has 1 aliphatic rings. The Kier molecular flexibility index (Phi) is 10.7. The third-order valence-corrected chi connectivity index (χ3v) is 8.53. The molecule has 2 heterocycles. The van der Waals surface area contributed by atoms with Crippen LogP contribution in [0.1, 0.15) is 42.0 Å². The summed E-state index contributed by atoms with van der Waals surface area (Å²) in [7, 11) is -3.79. The summed E-state index contributed by atoms with van der Waals surface area (Å²) in [5.41, 5.74) is 5.85. The molecular weight excluding hydrogens is 574 g/mol. The first-order chi connectivity index (χ1) is 18.9. The van der Waals surface area contributed by atoms with E-state index in [0.717, 1.165) is 0 Å². The van der Waals surface area contributed by atoms with Gasteiger partial charge in [-0.15, -0.1) is 11.3 Å². The van der Waals surface area contributed by atoms with E-state index in [1.54, 1.807) is 6.92 Å². The van der Waals surface area contributed by atoms with Crippen LogP contribution in [0.4, 0.5) is 23.2 Å². The number of thiazole rings is 1. The van der Waals surface area contributed by atoms with Gasteiger partial charge in [-0.3, -0.25) is 4.72 Å². The Labute approximate surface area is 233 Å². The molecule has 0 bridgehead atoms. The standard InChI is InChI=1S/C25H31F4N5O4S2/c1-3-6-18(32-24(30)31-14-19(35)25(27,28)29)22-21(33-23(39-22)15-9-11-38-12-10-15)16-7-5-8-17(20(16)26)34-40(36,37)13-4-2/h3,5-8,15,19,34-35H,1,4,9-14H2,2H3,(H3,30,31,32)/b18-6-. The first kappa shape index (κ1) is 31.5. The number of aliphatic hydroxyl groups is 1. The highest BCUT2D eigenvalue weighted by Crippen LogP contribution is 2.41. The number of rotatable bonds is 11. The van der Waals surface area contributed by atoms with Gasteiger partial charge in [0.25, 0.3) is 0 Å². The first-order valence-corrected chi connectivity index (χ1v) is 14.9. The van der Waals surface area contributed by atoms with Gasteiger partial charge in [0.1, 0.15) is 0 Å². The van der Waals surface area contributed by atoms with Crippen molar-refractivity contribution in [2.75, 3.05) is 30.2 Å². The average Bonchev–Trinajstić information content (AvgIpc) is 3.33. The normalized spacial score (nSPS) is 16.6. The molecule has 1 fully saturated rings. The number of aromatic nitrogens is 1. The van der Waals surface area contributed by atoms with E-state index in [0.29, 0.717) is 42.4 Å². The number of alkyl halides is 3. The molecule has 220 valence electrons.